The van der Waals surface area contributed by atoms with Crippen molar-refractivity contribution in [3.63, 3.8) is 0 Å². The Kier molecular flexibility index (Phi) is 2.75. The minimum Gasteiger partial charge on any atom is -0.299 e. The van der Waals surface area contributed by atoms with Gasteiger partial charge in [-0.1, -0.05) is 19.1 Å². The van der Waals surface area contributed by atoms with E-state index in [2.05, 4.69) is 30.0 Å². The van der Waals surface area contributed by atoms with Crippen molar-refractivity contribution in [3.8, 4) is 6.07 Å². The van der Waals surface area contributed by atoms with E-state index in [1.165, 1.54) is 11.1 Å². The van der Waals surface area contributed by atoms with Gasteiger partial charge in [-0.15, -0.1) is 0 Å². The highest BCUT2D eigenvalue weighted by Crippen LogP contribution is 2.24. The van der Waals surface area contributed by atoms with Crippen LogP contribution in [0.3, 0.4) is 0 Å². The van der Waals surface area contributed by atoms with Gasteiger partial charge in [-0.3, -0.25) is 4.90 Å². The first kappa shape index (κ1) is 10.2. The highest BCUT2D eigenvalue weighted by atomic mass is 15.1. The minimum absolute atomic E-state index is 0.906. The van der Waals surface area contributed by atoms with Gasteiger partial charge in [-0.05, 0) is 36.6 Å². The summed E-state index contributed by atoms with van der Waals surface area (Å²) in [4.78, 5) is 2.42. The van der Waals surface area contributed by atoms with Gasteiger partial charge in [0.05, 0.1) is 11.6 Å². The molecule has 0 saturated heterocycles. The lowest BCUT2D eigenvalue weighted by Crippen LogP contribution is -2.30. The molecule has 1 aliphatic rings. The molecule has 2 rings (SSSR count). The van der Waals surface area contributed by atoms with Crippen LogP contribution in [-0.2, 0) is 13.0 Å². The van der Waals surface area contributed by atoms with Gasteiger partial charge in [0.1, 0.15) is 0 Å². The van der Waals surface area contributed by atoms with E-state index in [1.54, 1.807) is 0 Å². The normalized spacial score (nSPS) is 15.8. The molecule has 1 aromatic carbocycles. The van der Waals surface area contributed by atoms with Crippen molar-refractivity contribution in [2.75, 3.05) is 13.1 Å². The Morgan fingerprint density at radius 2 is 2.27 bits per heavy atom. The van der Waals surface area contributed by atoms with Gasteiger partial charge in [-0.25, -0.2) is 0 Å². The van der Waals surface area contributed by atoms with Crippen LogP contribution in [0.25, 0.3) is 0 Å². The van der Waals surface area contributed by atoms with Crippen LogP contribution in [0.1, 0.15) is 29.2 Å². The van der Waals surface area contributed by atoms with E-state index < -0.39 is 0 Å². The van der Waals surface area contributed by atoms with E-state index in [1.807, 2.05) is 6.92 Å². The van der Waals surface area contributed by atoms with Gasteiger partial charge in [-0.2, -0.15) is 5.26 Å². The van der Waals surface area contributed by atoms with E-state index in [0.717, 1.165) is 37.2 Å². The van der Waals surface area contributed by atoms with Crippen molar-refractivity contribution in [2.45, 2.75) is 26.8 Å². The molecule has 0 aromatic heterocycles. The van der Waals surface area contributed by atoms with Gasteiger partial charge in [0, 0.05) is 13.1 Å². The second-order valence-corrected chi connectivity index (χ2v) is 4.13. The first-order valence-corrected chi connectivity index (χ1v) is 5.50. The predicted octanol–water partition coefficient (Wildman–Crippen LogP) is 2.24. The maximum atomic E-state index is 9.13. The quantitative estimate of drug-likeness (QED) is 0.695. The zero-order chi connectivity index (χ0) is 10.8. The van der Waals surface area contributed by atoms with Gasteiger partial charge < -0.3 is 0 Å². The summed E-state index contributed by atoms with van der Waals surface area (Å²) >= 11 is 0. The molecule has 0 saturated carbocycles. The maximum Gasteiger partial charge on any atom is 0.0997 e. The minimum atomic E-state index is 0.906. The highest BCUT2D eigenvalue weighted by Gasteiger charge is 2.18. The Labute approximate surface area is 91.1 Å². The molecule has 0 spiro atoms. The van der Waals surface area contributed by atoms with Crippen LogP contribution in [0, 0.1) is 18.3 Å². The van der Waals surface area contributed by atoms with E-state index in [0.29, 0.717) is 0 Å². The van der Waals surface area contributed by atoms with Gasteiger partial charge in [0.2, 0.25) is 0 Å². The fourth-order valence-corrected chi connectivity index (χ4v) is 2.26. The number of hydrogen-bond acceptors (Lipinski definition) is 2. The average Bonchev–Trinajstić information content (AvgIpc) is 2.28. The van der Waals surface area contributed by atoms with Crippen LogP contribution in [0.4, 0.5) is 0 Å². The molecule has 0 N–H and O–H groups in total. The molecule has 0 unspecified atom stereocenters. The van der Waals surface area contributed by atoms with Gasteiger partial charge >= 0.3 is 0 Å². The third-order valence-corrected chi connectivity index (χ3v) is 3.25. The van der Waals surface area contributed by atoms with E-state index in [9.17, 15) is 0 Å². The molecule has 15 heavy (non-hydrogen) atoms. The number of aryl methyl sites for hydroxylation is 1. The van der Waals surface area contributed by atoms with Crippen LogP contribution >= 0.6 is 0 Å². The maximum absolute atomic E-state index is 9.13. The van der Waals surface area contributed by atoms with Crippen LogP contribution in [0.5, 0.6) is 0 Å². The van der Waals surface area contributed by atoms with Crippen LogP contribution in [0.15, 0.2) is 12.1 Å². The number of nitriles is 1. The second-order valence-electron chi connectivity index (χ2n) is 4.13. The standard InChI is InChI=1S/C13H16N2/c1-3-15-7-6-12-11(9-15)5-4-10(2)13(12)8-14/h4-5H,3,6-7,9H2,1-2H3. The van der Waals surface area contributed by atoms with E-state index in [-0.39, 0.29) is 0 Å². The number of likely N-dealkylation sites (N-methyl/N-ethyl adjacent to an activating group) is 1. The molecule has 0 bridgehead atoms. The Bertz CT molecular complexity index is 415. The summed E-state index contributed by atoms with van der Waals surface area (Å²) in [6, 6.07) is 6.58. The van der Waals surface area contributed by atoms with Crippen molar-refractivity contribution < 1.29 is 0 Å². The first-order chi connectivity index (χ1) is 7.26. The highest BCUT2D eigenvalue weighted by molar-refractivity contribution is 5.48. The SMILES string of the molecule is CCN1CCc2c(ccc(C)c2C#N)C1. The Hall–Kier alpha value is -1.33. The molecule has 1 aromatic rings. The monoisotopic (exact) mass is 200 g/mol. The molecule has 2 nitrogen and oxygen atoms in total. The fourth-order valence-electron chi connectivity index (χ4n) is 2.26. The van der Waals surface area contributed by atoms with Crippen LogP contribution in [-0.4, -0.2) is 18.0 Å². The number of benzene rings is 1. The lowest BCUT2D eigenvalue weighted by Gasteiger charge is -2.28. The summed E-state index contributed by atoms with van der Waals surface area (Å²) in [5, 5.41) is 9.13. The van der Waals surface area contributed by atoms with Crippen molar-refractivity contribution in [1.29, 1.82) is 5.26 Å². The zero-order valence-electron chi connectivity index (χ0n) is 9.38. The average molecular weight is 200 g/mol. The van der Waals surface area contributed by atoms with Crippen molar-refractivity contribution in [3.05, 3.63) is 34.4 Å². The molecule has 0 aliphatic carbocycles. The number of rotatable bonds is 1. The molecule has 1 heterocycles. The number of nitrogens with zero attached hydrogens (tertiary/aromatic N) is 2. The van der Waals surface area contributed by atoms with E-state index >= 15 is 0 Å². The Balaban J connectivity index is 2.43. The Morgan fingerprint density at radius 1 is 1.47 bits per heavy atom. The third-order valence-electron chi connectivity index (χ3n) is 3.25. The first-order valence-electron chi connectivity index (χ1n) is 5.50. The van der Waals surface area contributed by atoms with Crippen molar-refractivity contribution in [1.82, 2.24) is 4.90 Å². The van der Waals surface area contributed by atoms with Gasteiger partial charge in [0.25, 0.3) is 0 Å². The molecule has 2 heteroatoms. The fraction of sp³-hybridized carbons (Fsp3) is 0.462. The largest absolute Gasteiger partial charge is 0.299 e. The number of hydrogen-bond donors (Lipinski definition) is 0. The molecule has 0 fully saturated rings. The molecule has 0 amide bonds. The molecule has 0 radical (unpaired) electrons. The van der Waals surface area contributed by atoms with Crippen LogP contribution < -0.4 is 0 Å². The lowest BCUT2D eigenvalue weighted by molar-refractivity contribution is 0.268. The predicted molar refractivity (Wildman–Crippen MR) is 60.5 cm³/mol. The summed E-state index contributed by atoms with van der Waals surface area (Å²) in [5.74, 6) is 0. The summed E-state index contributed by atoms with van der Waals surface area (Å²) in [6.45, 7) is 7.38. The van der Waals surface area contributed by atoms with Crippen LogP contribution in [0.2, 0.25) is 0 Å². The summed E-state index contributed by atoms with van der Waals surface area (Å²) in [7, 11) is 0. The molecule has 1 aliphatic heterocycles. The number of fused-ring (bicyclic) bond motifs is 1. The van der Waals surface area contributed by atoms with Gasteiger partial charge in [0.15, 0.2) is 0 Å². The third kappa shape index (κ3) is 1.75. The summed E-state index contributed by atoms with van der Waals surface area (Å²) < 4.78 is 0. The molecular formula is C13H16N2. The van der Waals surface area contributed by atoms with E-state index in [4.69, 9.17) is 5.26 Å². The Morgan fingerprint density at radius 3 is 2.93 bits per heavy atom. The zero-order valence-corrected chi connectivity index (χ0v) is 9.38. The topological polar surface area (TPSA) is 27.0 Å². The summed E-state index contributed by atoms with van der Waals surface area (Å²) in [6.07, 6.45) is 1.02. The molecular weight excluding hydrogens is 184 g/mol. The second kappa shape index (κ2) is 4.04. The summed E-state index contributed by atoms with van der Waals surface area (Å²) in [5.41, 5.74) is 4.64. The molecule has 0 atom stereocenters. The van der Waals surface area contributed by atoms with Crippen molar-refractivity contribution >= 4 is 0 Å². The van der Waals surface area contributed by atoms with Crippen molar-refractivity contribution in [2.24, 2.45) is 0 Å². The lowest BCUT2D eigenvalue weighted by atomic mass is 9.92. The smallest absolute Gasteiger partial charge is 0.0997 e. The molecule has 78 valence electrons.